The van der Waals surface area contributed by atoms with Gasteiger partial charge in [-0.15, -0.1) is 0 Å². The van der Waals surface area contributed by atoms with Gasteiger partial charge in [0.15, 0.2) is 0 Å². The zero-order valence-electron chi connectivity index (χ0n) is 14.1. The first-order valence-electron chi connectivity index (χ1n) is 8.20. The number of piperazine rings is 1. The van der Waals surface area contributed by atoms with Crippen LogP contribution >= 0.6 is 0 Å². The number of halogens is 2. The minimum Gasteiger partial charge on any atom is -0.342 e. The summed E-state index contributed by atoms with van der Waals surface area (Å²) in [6.45, 7) is 7.51. The average molecular weight is 339 g/mol. The van der Waals surface area contributed by atoms with Gasteiger partial charge in [0.25, 0.3) is 5.91 Å². The maximum atomic E-state index is 13.7. The molecule has 132 valence electrons. The summed E-state index contributed by atoms with van der Waals surface area (Å²) in [5.74, 6) is -1.92. The summed E-state index contributed by atoms with van der Waals surface area (Å²) in [5, 5.41) is 0. The van der Waals surface area contributed by atoms with Crippen LogP contribution in [0.3, 0.4) is 0 Å². The molecule has 1 aromatic rings. The predicted molar refractivity (Wildman–Crippen MR) is 86.6 cm³/mol. The van der Waals surface area contributed by atoms with Gasteiger partial charge >= 0.3 is 0 Å². The van der Waals surface area contributed by atoms with Gasteiger partial charge in [0.1, 0.15) is 11.6 Å². The highest BCUT2D eigenvalue weighted by Gasteiger charge is 2.25. The van der Waals surface area contributed by atoms with Crippen LogP contribution in [0.15, 0.2) is 18.2 Å². The molecule has 24 heavy (non-hydrogen) atoms. The molecule has 0 spiro atoms. The van der Waals surface area contributed by atoms with Crippen molar-refractivity contribution in [3.63, 3.8) is 0 Å². The Morgan fingerprint density at radius 3 is 2.25 bits per heavy atom. The van der Waals surface area contributed by atoms with E-state index in [0.717, 1.165) is 6.07 Å². The highest BCUT2D eigenvalue weighted by atomic mass is 19.1. The van der Waals surface area contributed by atoms with E-state index in [-0.39, 0.29) is 11.5 Å². The normalized spacial score (nSPS) is 15.4. The van der Waals surface area contributed by atoms with Gasteiger partial charge in [-0.05, 0) is 26.0 Å². The molecule has 0 aromatic heterocycles. The molecular formula is C17H23F2N3O2. The van der Waals surface area contributed by atoms with Crippen LogP contribution in [0.1, 0.15) is 24.2 Å². The molecule has 2 rings (SSSR count). The third-order valence-corrected chi connectivity index (χ3v) is 4.30. The van der Waals surface area contributed by atoms with Gasteiger partial charge in [0.05, 0.1) is 12.1 Å². The third-order valence-electron chi connectivity index (χ3n) is 4.30. The topological polar surface area (TPSA) is 43.9 Å². The number of hydrogen-bond acceptors (Lipinski definition) is 3. The molecule has 1 fully saturated rings. The highest BCUT2D eigenvalue weighted by Crippen LogP contribution is 2.14. The van der Waals surface area contributed by atoms with Crippen LogP contribution in [-0.4, -0.2) is 72.3 Å². The molecule has 0 N–H and O–H groups in total. The van der Waals surface area contributed by atoms with Crippen molar-refractivity contribution in [2.75, 3.05) is 45.8 Å². The van der Waals surface area contributed by atoms with E-state index >= 15 is 0 Å². The monoisotopic (exact) mass is 339 g/mol. The van der Waals surface area contributed by atoms with Crippen LogP contribution < -0.4 is 0 Å². The third kappa shape index (κ3) is 4.29. The van der Waals surface area contributed by atoms with Crippen molar-refractivity contribution in [3.05, 3.63) is 35.4 Å². The van der Waals surface area contributed by atoms with E-state index in [1.807, 2.05) is 18.7 Å². The van der Waals surface area contributed by atoms with Crippen molar-refractivity contribution in [3.8, 4) is 0 Å². The van der Waals surface area contributed by atoms with Crippen LogP contribution in [0.25, 0.3) is 0 Å². The lowest BCUT2D eigenvalue weighted by Crippen LogP contribution is -2.51. The number of likely N-dealkylation sites (N-methyl/N-ethyl adjacent to an activating group) is 1. The van der Waals surface area contributed by atoms with Gasteiger partial charge in [-0.25, -0.2) is 8.78 Å². The van der Waals surface area contributed by atoms with Gasteiger partial charge in [-0.1, -0.05) is 0 Å². The fraction of sp³-hybridized carbons (Fsp3) is 0.529. The van der Waals surface area contributed by atoms with Crippen LogP contribution in [0.4, 0.5) is 8.78 Å². The Kier molecular flexibility index (Phi) is 6.25. The van der Waals surface area contributed by atoms with E-state index in [4.69, 9.17) is 0 Å². The number of nitrogens with zero attached hydrogens (tertiary/aromatic N) is 3. The van der Waals surface area contributed by atoms with Gasteiger partial charge in [0.2, 0.25) is 5.91 Å². The summed E-state index contributed by atoms with van der Waals surface area (Å²) in [5.41, 5.74) is -0.121. The van der Waals surface area contributed by atoms with Crippen molar-refractivity contribution in [1.29, 1.82) is 0 Å². The molecule has 1 aromatic carbocycles. The van der Waals surface area contributed by atoms with E-state index in [1.54, 1.807) is 4.90 Å². The molecule has 0 unspecified atom stereocenters. The summed E-state index contributed by atoms with van der Waals surface area (Å²) >= 11 is 0. The zero-order valence-corrected chi connectivity index (χ0v) is 14.1. The molecule has 1 saturated heterocycles. The van der Waals surface area contributed by atoms with Crippen LogP contribution in [0, 0.1) is 11.6 Å². The first kappa shape index (κ1) is 18.3. The van der Waals surface area contributed by atoms with Crippen molar-refractivity contribution < 1.29 is 18.4 Å². The molecule has 0 atom stereocenters. The number of amides is 2. The van der Waals surface area contributed by atoms with E-state index in [0.29, 0.717) is 51.9 Å². The van der Waals surface area contributed by atoms with E-state index in [1.165, 1.54) is 11.0 Å². The largest absolute Gasteiger partial charge is 0.342 e. The van der Waals surface area contributed by atoms with Crippen LogP contribution in [0.5, 0.6) is 0 Å². The first-order valence-corrected chi connectivity index (χ1v) is 8.20. The number of hydrogen-bond donors (Lipinski definition) is 0. The molecule has 0 bridgehead atoms. The highest BCUT2D eigenvalue weighted by molar-refractivity contribution is 5.94. The van der Waals surface area contributed by atoms with Crippen LogP contribution in [-0.2, 0) is 4.79 Å². The SMILES string of the molecule is CCN(CC)C(=O)CN1CCN(C(=O)c2ccc(F)cc2F)CC1. The standard InChI is InChI=1S/C17H23F2N3O2/c1-3-21(4-2)16(23)12-20-7-9-22(10-8-20)17(24)14-6-5-13(18)11-15(14)19/h5-6,11H,3-4,7-10,12H2,1-2H3. The molecule has 7 heteroatoms. The Bertz CT molecular complexity index is 597. The molecule has 1 aliphatic rings. The maximum absolute atomic E-state index is 13.7. The summed E-state index contributed by atoms with van der Waals surface area (Å²) in [6.07, 6.45) is 0. The Morgan fingerprint density at radius 2 is 1.71 bits per heavy atom. The maximum Gasteiger partial charge on any atom is 0.256 e. The molecule has 1 heterocycles. The quantitative estimate of drug-likeness (QED) is 0.818. The number of benzene rings is 1. The molecule has 1 aliphatic heterocycles. The Hall–Kier alpha value is -2.02. The molecule has 5 nitrogen and oxygen atoms in total. The van der Waals surface area contributed by atoms with Gasteiger partial charge < -0.3 is 9.80 Å². The fourth-order valence-corrected chi connectivity index (χ4v) is 2.81. The smallest absolute Gasteiger partial charge is 0.256 e. The Labute approximate surface area is 140 Å². The predicted octanol–water partition coefficient (Wildman–Crippen LogP) is 1.59. The van der Waals surface area contributed by atoms with Crippen molar-refractivity contribution in [2.24, 2.45) is 0 Å². The van der Waals surface area contributed by atoms with Gasteiger partial charge in [0, 0.05) is 45.3 Å². The lowest BCUT2D eigenvalue weighted by molar-refractivity contribution is -0.132. The van der Waals surface area contributed by atoms with E-state index in [9.17, 15) is 18.4 Å². The Balaban J connectivity index is 1.90. The lowest BCUT2D eigenvalue weighted by atomic mass is 10.1. The fourth-order valence-electron chi connectivity index (χ4n) is 2.81. The molecule has 0 saturated carbocycles. The van der Waals surface area contributed by atoms with Crippen molar-refractivity contribution in [1.82, 2.24) is 14.7 Å². The average Bonchev–Trinajstić information content (AvgIpc) is 2.56. The molecular weight excluding hydrogens is 316 g/mol. The lowest BCUT2D eigenvalue weighted by Gasteiger charge is -2.35. The minimum atomic E-state index is -0.848. The van der Waals surface area contributed by atoms with Gasteiger partial charge in [-0.2, -0.15) is 0 Å². The minimum absolute atomic E-state index is 0.0735. The van der Waals surface area contributed by atoms with Crippen molar-refractivity contribution in [2.45, 2.75) is 13.8 Å². The number of carbonyl (C=O) groups excluding carboxylic acids is 2. The first-order chi connectivity index (χ1) is 11.5. The van der Waals surface area contributed by atoms with E-state index in [2.05, 4.69) is 0 Å². The summed E-state index contributed by atoms with van der Waals surface area (Å²) < 4.78 is 26.7. The molecule has 0 aliphatic carbocycles. The summed E-state index contributed by atoms with van der Waals surface area (Å²) in [6, 6.07) is 2.96. The second-order valence-corrected chi connectivity index (χ2v) is 5.76. The second-order valence-electron chi connectivity index (χ2n) is 5.76. The van der Waals surface area contributed by atoms with Crippen molar-refractivity contribution >= 4 is 11.8 Å². The number of rotatable bonds is 5. The molecule has 0 radical (unpaired) electrons. The summed E-state index contributed by atoms with van der Waals surface area (Å²) in [7, 11) is 0. The van der Waals surface area contributed by atoms with Gasteiger partial charge in [-0.3, -0.25) is 14.5 Å². The van der Waals surface area contributed by atoms with E-state index < -0.39 is 17.5 Å². The zero-order chi connectivity index (χ0) is 17.7. The Morgan fingerprint density at radius 1 is 1.08 bits per heavy atom. The second kappa shape index (κ2) is 8.19. The summed E-state index contributed by atoms with van der Waals surface area (Å²) in [4.78, 5) is 29.7. The number of carbonyl (C=O) groups is 2. The molecule has 2 amide bonds. The van der Waals surface area contributed by atoms with Crippen LogP contribution in [0.2, 0.25) is 0 Å².